The fourth-order valence-electron chi connectivity index (χ4n) is 11.9. The number of hydrogen-bond donors (Lipinski definition) is 0. The van der Waals surface area contributed by atoms with Gasteiger partial charge in [-0.05, 0) is 107 Å². The average molecular weight is 1080 g/mol. The summed E-state index contributed by atoms with van der Waals surface area (Å²) in [4.78, 5) is 89.6. The molecule has 0 aromatic rings. The predicted molar refractivity (Wildman–Crippen MR) is 302 cm³/mol. The van der Waals surface area contributed by atoms with Crippen molar-refractivity contribution >= 4 is 41.8 Å². The first kappa shape index (κ1) is 65.2. The zero-order chi connectivity index (χ0) is 55.3. The number of unbranched alkanes of at least 4 members (excludes halogenated alkanes) is 22. The molecule has 2 heterocycles. The average Bonchev–Trinajstić information content (AvgIpc) is 3.91. The molecule has 0 spiro atoms. The van der Waals surface area contributed by atoms with Crippen molar-refractivity contribution in [3.63, 3.8) is 0 Å². The number of hydrogen-bond acceptors (Lipinski definition) is 12. The normalized spacial score (nSPS) is 23.1. The summed E-state index contributed by atoms with van der Waals surface area (Å²) in [6.07, 6.45) is 50.5. The summed E-state index contributed by atoms with van der Waals surface area (Å²) in [6, 6.07) is 0. The topological polar surface area (TPSA) is 166 Å². The molecular weight excluding hydrogens is 973 g/mol. The quantitative estimate of drug-likeness (QED) is 0.0187. The smallest absolute Gasteiger partial charge is 0.318 e. The molecule has 4 rings (SSSR count). The van der Waals surface area contributed by atoms with Crippen LogP contribution in [0.25, 0.3) is 0 Å². The minimum Gasteiger partial charge on any atom is -0.462 e. The summed E-state index contributed by atoms with van der Waals surface area (Å²) >= 11 is 0. The summed E-state index contributed by atoms with van der Waals surface area (Å²) in [5.41, 5.74) is 0. The van der Waals surface area contributed by atoms with Crippen LogP contribution in [0.15, 0.2) is 48.6 Å². The lowest BCUT2D eigenvalue weighted by molar-refractivity contribution is -0.167. The lowest BCUT2D eigenvalue weighted by Crippen LogP contribution is -2.33. The molecule has 434 valence electrons. The number of ether oxygens (including phenoxy) is 5. The molecule has 77 heavy (non-hydrogen) atoms. The van der Waals surface area contributed by atoms with Gasteiger partial charge in [0.25, 0.3) is 0 Å². The van der Waals surface area contributed by atoms with Crippen molar-refractivity contribution in [2.24, 2.45) is 47.3 Å². The second-order valence-corrected chi connectivity index (χ2v) is 22.7. The minimum atomic E-state index is -0.906. The zero-order valence-corrected chi connectivity index (χ0v) is 48.1. The van der Waals surface area contributed by atoms with Crippen LogP contribution >= 0.6 is 0 Å². The van der Waals surface area contributed by atoms with Crippen molar-refractivity contribution in [2.75, 3.05) is 13.2 Å². The SMILES string of the molecule is CC/C=C\CCC1C=CC(CCCCCCCC(=O)OCC(COC(=O)CCCCCCC/C=C\CCCCCCCC)OC(=O)CCCCCCCC2C=CC(CCCCCC)C3C(=O)OC(=O)C23)C2C(=O)OC(=O)C12. The van der Waals surface area contributed by atoms with Crippen LogP contribution in [0.2, 0.25) is 0 Å². The summed E-state index contributed by atoms with van der Waals surface area (Å²) in [6.45, 7) is 6.14. The van der Waals surface area contributed by atoms with Crippen LogP contribution in [-0.2, 0) is 57.2 Å². The highest BCUT2D eigenvalue weighted by Gasteiger charge is 2.53. The van der Waals surface area contributed by atoms with Gasteiger partial charge < -0.3 is 23.7 Å². The Balaban J connectivity index is 1.13. The van der Waals surface area contributed by atoms with Crippen LogP contribution in [0.1, 0.15) is 252 Å². The molecule has 9 atom stereocenters. The molecule has 2 aliphatic heterocycles. The zero-order valence-electron chi connectivity index (χ0n) is 48.1. The van der Waals surface area contributed by atoms with Crippen LogP contribution in [-0.4, -0.2) is 61.1 Å². The molecule has 0 amide bonds. The Bertz CT molecular complexity index is 1860. The Kier molecular flexibility index (Phi) is 33.8. The van der Waals surface area contributed by atoms with Crippen molar-refractivity contribution in [3.8, 4) is 0 Å². The van der Waals surface area contributed by atoms with Gasteiger partial charge in [-0.3, -0.25) is 33.6 Å². The van der Waals surface area contributed by atoms with E-state index in [9.17, 15) is 33.6 Å². The first-order chi connectivity index (χ1) is 37.6. The van der Waals surface area contributed by atoms with E-state index < -0.39 is 35.8 Å². The first-order valence-corrected chi connectivity index (χ1v) is 31.3. The summed E-state index contributed by atoms with van der Waals surface area (Å²) in [7, 11) is 0. The fourth-order valence-corrected chi connectivity index (χ4v) is 11.9. The van der Waals surface area contributed by atoms with E-state index in [1.54, 1.807) is 0 Å². The van der Waals surface area contributed by atoms with Gasteiger partial charge in [-0.15, -0.1) is 0 Å². The molecule has 2 aliphatic carbocycles. The van der Waals surface area contributed by atoms with Crippen LogP contribution in [0.3, 0.4) is 0 Å². The van der Waals surface area contributed by atoms with E-state index in [2.05, 4.69) is 69.4 Å². The maximum absolute atomic E-state index is 13.1. The second-order valence-electron chi connectivity index (χ2n) is 22.7. The van der Waals surface area contributed by atoms with E-state index >= 15 is 0 Å². The summed E-state index contributed by atoms with van der Waals surface area (Å²) in [5, 5.41) is 0. The maximum atomic E-state index is 13.1. The highest BCUT2D eigenvalue weighted by molar-refractivity contribution is 5.98. The lowest BCUT2D eigenvalue weighted by atomic mass is 9.69. The molecule has 4 aliphatic rings. The monoisotopic (exact) mass is 1070 g/mol. The number of allylic oxidation sites excluding steroid dienone is 8. The molecule has 0 aromatic heterocycles. The number of fused-ring (bicyclic) bond motifs is 2. The molecule has 2 fully saturated rings. The van der Waals surface area contributed by atoms with Gasteiger partial charge in [-0.2, -0.15) is 0 Å². The second kappa shape index (κ2) is 39.9. The van der Waals surface area contributed by atoms with Gasteiger partial charge in [0, 0.05) is 19.3 Å². The van der Waals surface area contributed by atoms with Crippen molar-refractivity contribution in [1.29, 1.82) is 0 Å². The third-order valence-electron chi connectivity index (χ3n) is 16.4. The van der Waals surface area contributed by atoms with Gasteiger partial charge in [0.1, 0.15) is 13.2 Å². The molecule has 0 radical (unpaired) electrons. The van der Waals surface area contributed by atoms with Gasteiger partial charge in [0.15, 0.2) is 6.10 Å². The van der Waals surface area contributed by atoms with E-state index in [0.717, 1.165) is 148 Å². The molecule has 0 saturated carbocycles. The highest BCUT2D eigenvalue weighted by atomic mass is 16.6. The van der Waals surface area contributed by atoms with Gasteiger partial charge in [0.05, 0.1) is 23.7 Å². The lowest BCUT2D eigenvalue weighted by Gasteiger charge is -2.31. The number of carbonyl (C=O) groups excluding carboxylic acids is 7. The number of carbonyl (C=O) groups is 7. The van der Waals surface area contributed by atoms with Gasteiger partial charge in [-0.1, -0.05) is 198 Å². The minimum absolute atomic E-state index is 0.000487. The largest absolute Gasteiger partial charge is 0.462 e. The highest BCUT2D eigenvalue weighted by Crippen LogP contribution is 2.45. The maximum Gasteiger partial charge on any atom is 0.318 e. The Morgan fingerprint density at radius 3 is 1.13 bits per heavy atom. The van der Waals surface area contributed by atoms with Crippen molar-refractivity contribution in [1.82, 2.24) is 0 Å². The third kappa shape index (κ3) is 25.5. The molecule has 12 heteroatoms. The number of esters is 7. The predicted octanol–water partition coefficient (Wildman–Crippen LogP) is 15.4. The van der Waals surface area contributed by atoms with E-state index in [4.69, 9.17) is 23.7 Å². The van der Waals surface area contributed by atoms with E-state index in [1.165, 1.54) is 51.4 Å². The summed E-state index contributed by atoms with van der Waals surface area (Å²) in [5.74, 6) is -4.18. The Hall–Kier alpha value is -4.35. The van der Waals surface area contributed by atoms with Crippen LogP contribution in [0, 0.1) is 47.3 Å². The number of cyclic esters (lactones) is 4. The third-order valence-corrected chi connectivity index (χ3v) is 16.4. The fraction of sp³-hybridized carbons (Fsp3) is 0.769. The van der Waals surface area contributed by atoms with Crippen molar-refractivity contribution in [2.45, 2.75) is 258 Å². The van der Waals surface area contributed by atoms with E-state index in [-0.39, 0.29) is 91.9 Å². The number of rotatable bonds is 45. The molecule has 0 bridgehead atoms. The van der Waals surface area contributed by atoms with Crippen molar-refractivity contribution < 1.29 is 57.2 Å². The van der Waals surface area contributed by atoms with E-state index in [0.29, 0.717) is 12.8 Å². The van der Waals surface area contributed by atoms with Crippen LogP contribution < -0.4 is 0 Å². The molecule has 0 aromatic carbocycles. The molecule has 12 nitrogen and oxygen atoms in total. The molecule has 0 N–H and O–H groups in total. The Morgan fingerprint density at radius 2 is 0.727 bits per heavy atom. The van der Waals surface area contributed by atoms with E-state index in [1.807, 2.05) is 0 Å². The Labute approximate surface area is 464 Å². The standard InChI is InChI=1S/C65H102O12/c1-4-7-10-13-14-15-16-17-18-19-20-21-22-27-34-41-55(66)73-48-54(75-57(68)43-36-29-24-26-33-40-53-47-45-51(38-31-12-9-6-3)59-61(53)65(72)77-63(59)70)49-74-56(67)42-35-28-23-25-32-39-52-46-44-50(37-30-11-8-5-2)58-60(52)64(71)76-62(58)69/h8,11,17-18,44-47,50-54,58-61H,4-7,9-10,12-16,19-43,48-49H2,1-3H3/b11-8-,18-17-. The van der Waals surface area contributed by atoms with Crippen molar-refractivity contribution in [3.05, 3.63) is 48.6 Å². The van der Waals surface area contributed by atoms with Crippen LogP contribution in [0.4, 0.5) is 0 Å². The molecule has 2 saturated heterocycles. The Morgan fingerprint density at radius 1 is 0.403 bits per heavy atom. The summed E-state index contributed by atoms with van der Waals surface area (Å²) < 4.78 is 27.2. The van der Waals surface area contributed by atoms with Gasteiger partial charge in [0.2, 0.25) is 0 Å². The molecular formula is C65H102O12. The first-order valence-electron chi connectivity index (χ1n) is 31.3. The van der Waals surface area contributed by atoms with Crippen LogP contribution in [0.5, 0.6) is 0 Å². The molecule has 9 unspecified atom stereocenters. The van der Waals surface area contributed by atoms with Gasteiger partial charge in [-0.25, -0.2) is 0 Å². The van der Waals surface area contributed by atoms with Gasteiger partial charge >= 0.3 is 41.8 Å².